The number of hydrogen-bond donors (Lipinski definition) is 0. The fraction of sp³-hybridized carbons (Fsp3) is 0.824. The molecule has 0 unspecified atom stereocenters. The highest BCUT2D eigenvalue weighted by Crippen LogP contribution is 2.44. The van der Waals surface area contributed by atoms with Crippen LogP contribution in [0.1, 0.15) is 59.3 Å². The molecule has 2 rings (SSSR count). The topological polar surface area (TPSA) is 20.3 Å². The van der Waals surface area contributed by atoms with E-state index in [0.29, 0.717) is 17.3 Å². The van der Waals surface area contributed by atoms with Gasteiger partial charge in [-0.05, 0) is 49.0 Å². The first-order valence-electron chi connectivity index (χ1n) is 7.98. The van der Waals surface area contributed by atoms with Crippen molar-refractivity contribution in [1.29, 1.82) is 0 Å². The zero-order valence-electron chi connectivity index (χ0n) is 12.8. The van der Waals surface area contributed by atoms with Gasteiger partial charge in [-0.2, -0.15) is 0 Å². The van der Waals surface area contributed by atoms with E-state index in [9.17, 15) is 4.79 Å². The van der Waals surface area contributed by atoms with Crippen molar-refractivity contribution in [3.05, 3.63) is 12.2 Å². The Morgan fingerprint density at radius 3 is 2.47 bits per heavy atom. The molecular weight excluding hydrogens is 234 g/mol. The molecule has 108 valence electrons. The van der Waals surface area contributed by atoms with Crippen molar-refractivity contribution in [3.63, 3.8) is 0 Å². The van der Waals surface area contributed by atoms with Crippen LogP contribution >= 0.6 is 0 Å². The summed E-state index contributed by atoms with van der Waals surface area (Å²) in [5, 5.41) is 0. The van der Waals surface area contributed by atoms with Crippen molar-refractivity contribution in [3.8, 4) is 0 Å². The Balaban J connectivity index is 1.97. The SMILES string of the molecule is C[C@H]1CCCC(C)(C)[C@@H]1/C=C/C(=O)N1CCCCC1. The largest absolute Gasteiger partial charge is 0.339 e. The fourth-order valence-electron chi connectivity index (χ4n) is 3.85. The summed E-state index contributed by atoms with van der Waals surface area (Å²) in [6.45, 7) is 8.94. The number of nitrogens with zero attached hydrogens (tertiary/aromatic N) is 1. The minimum Gasteiger partial charge on any atom is -0.339 e. The maximum Gasteiger partial charge on any atom is 0.246 e. The quantitative estimate of drug-likeness (QED) is 0.689. The van der Waals surface area contributed by atoms with Crippen molar-refractivity contribution < 1.29 is 4.79 Å². The van der Waals surface area contributed by atoms with Gasteiger partial charge in [-0.25, -0.2) is 0 Å². The van der Waals surface area contributed by atoms with Gasteiger partial charge in [-0.1, -0.05) is 39.7 Å². The van der Waals surface area contributed by atoms with Crippen LogP contribution in [0.3, 0.4) is 0 Å². The molecule has 1 aliphatic heterocycles. The summed E-state index contributed by atoms with van der Waals surface area (Å²) in [6, 6.07) is 0. The molecule has 0 aromatic carbocycles. The van der Waals surface area contributed by atoms with Crippen LogP contribution in [-0.2, 0) is 4.79 Å². The Morgan fingerprint density at radius 2 is 1.84 bits per heavy atom. The Bertz CT molecular complexity index is 339. The fourth-order valence-corrected chi connectivity index (χ4v) is 3.85. The summed E-state index contributed by atoms with van der Waals surface area (Å²) >= 11 is 0. The highest BCUT2D eigenvalue weighted by atomic mass is 16.2. The third-order valence-corrected chi connectivity index (χ3v) is 5.11. The standard InChI is InChI=1S/C17H29NO/c1-14-8-7-11-17(2,3)15(14)9-10-16(19)18-12-5-4-6-13-18/h9-10,14-15H,4-8,11-13H2,1-3H3/b10-9+/t14-,15+/m0/s1. The van der Waals surface area contributed by atoms with Crippen molar-refractivity contribution in [2.24, 2.45) is 17.3 Å². The summed E-state index contributed by atoms with van der Waals surface area (Å²) in [7, 11) is 0. The van der Waals surface area contributed by atoms with Crippen LogP contribution in [0.15, 0.2) is 12.2 Å². The molecule has 1 aliphatic carbocycles. The van der Waals surface area contributed by atoms with Crippen LogP contribution in [0.4, 0.5) is 0 Å². The summed E-state index contributed by atoms with van der Waals surface area (Å²) in [5.74, 6) is 1.48. The third-order valence-electron chi connectivity index (χ3n) is 5.11. The van der Waals surface area contributed by atoms with Gasteiger partial charge in [-0.3, -0.25) is 4.79 Å². The Morgan fingerprint density at radius 1 is 1.16 bits per heavy atom. The van der Waals surface area contributed by atoms with E-state index in [0.717, 1.165) is 13.1 Å². The average molecular weight is 263 g/mol. The predicted molar refractivity (Wildman–Crippen MR) is 79.9 cm³/mol. The molecule has 2 aliphatic rings. The number of piperidine rings is 1. The number of rotatable bonds is 2. The Hall–Kier alpha value is -0.790. The lowest BCUT2D eigenvalue weighted by Crippen LogP contribution is -2.35. The van der Waals surface area contributed by atoms with Crippen LogP contribution in [0.25, 0.3) is 0 Å². The van der Waals surface area contributed by atoms with E-state index in [1.165, 1.54) is 38.5 Å². The zero-order chi connectivity index (χ0) is 13.9. The normalized spacial score (nSPS) is 31.6. The second kappa shape index (κ2) is 6.11. The van der Waals surface area contributed by atoms with Crippen molar-refractivity contribution >= 4 is 5.91 Å². The van der Waals surface area contributed by atoms with Gasteiger partial charge >= 0.3 is 0 Å². The first-order valence-corrected chi connectivity index (χ1v) is 7.98. The van der Waals surface area contributed by atoms with Crippen molar-refractivity contribution in [2.45, 2.75) is 59.3 Å². The second-order valence-electron chi connectivity index (χ2n) is 7.13. The van der Waals surface area contributed by atoms with Crippen LogP contribution < -0.4 is 0 Å². The van der Waals surface area contributed by atoms with Crippen LogP contribution in [0.5, 0.6) is 0 Å². The third kappa shape index (κ3) is 3.61. The molecule has 2 heteroatoms. The number of likely N-dealkylation sites (tertiary alicyclic amines) is 1. The number of carbonyl (C=O) groups is 1. The Labute approximate surface area is 118 Å². The molecule has 1 saturated carbocycles. The van der Waals surface area contributed by atoms with Gasteiger partial charge in [-0.15, -0.1) is 0 Å². The van der Waals surface area contributed by atoms with Gasteiger partial charge in [0.2, 0.25) is 5.91 Å². The lowest BCUT2D eigenvalue weighted by molar-refractivity contribution is -0.126. The predicted octanol–water partition coefficient (Wildman–Crippen LogP) is 4.02. The summed E-state index contributed by atoms with van der Waals surface area (Å²) in [5.41, 5.74) is 0.344. The van der Waals surface area contributed by atoms with Crippen LogP contribution in [0.2, 0.25) is 0 Å². The van der Waals surface area contributed by atoms with E-state index in [1.807, 2.05) is 11.0 Å². The second-order valence-corrected chi connectivity index (χ2v) is 7.13. The molecule has 0 radical (unpaired) electrons. The van der Waals surface area contributed by atoms with E-state index in [4.69, 9.17) is 0 Å². The van der Waals surface area contributed by atoms with Crippen molar-refractivity contribution in [2.75, 3.05) is 13.1 Å². The minimum atomic E-state index is 0.230. The van der Waals surface area contributed by atoms with E-state index in [1.54, 1.807) is 0 Å². The molecule has 0 aromatic heterocycles. The van der Waals surface area contributed by atoms with E-state index >= 15 is 0 Å². The minimum absolute atomic E-state index is 0.230. The molecule has 0 bridgehead atoms. The van der Waals surface area contributed by atoms with Crippen LogP contribution in [-0.4, -0.2) is 23.9 Å². The molecule has 0 aromatic rings. The monoisotopic (exact) mass is 263 g/mol. The molecule has 2 fully saturated rings. The van der Waals surface area contributed by atoms with Gasteiger partial charge in [0.05, 0.1) is 0 Å². The van der Waals surface area contributed by atoms with Crippen molar-refractivity contribution in [1.82, 2.24) is 4.90 Å². The van der Waals surface area contributed by atoms with Gasteiger partial charge in [0.1, 0.15) is 0 Å². The van der Waals surface area contributed by atoms with Crippen LogP contribution in [0, 0.1) is 17.3 Å². The number of carbonyl (C=O) groups excluding carboxylic acids is 1. The maximum absolute atomic E-state index is 12.2. The summed E-state index contributed by atoms with van der Waals surface area (Å²) in [6.07, 6.45) is 11.6. The average Bonchev–Trinajstić information content (AvgIpc) is 2.38. The van der Waals surface area contributed by atoms with Gasteiger partial charge in [0.15, 0.2) is 0 Å². The smallest absolute Gasteiger partial charge is 0.246 e. The van der Waals surface area contributed by atoms with E-state index in [-0.39, 0.29) is 5.91 Å². The highest BCUT2D eigenvalue weighted by molar-refractivity contribution is 5.87. The molecule has 19 heavy (non-hydrogen) atoms. The van der Waals surface area contributed by atoms with Gasteiger partial charge in [0, 0.05) is 13.1 Å². The summed E-state index contributed by atoms with van der Waals surface area (Å²) in [4.78, 5) is 14.2. The molecule has 1 saturated heterocycles. The number of allylic oxidation sites excluding steroid dienone is 1. The molecular formula is C17H29NO. The summed E-state index contributed by atoms with van der Waals surface area (Å²) < 4.78 is 0. The Kier molecular flexibility index (Phi) is 4.70. The molecule has 0 spiro atoms. The zero-order valence-corrected chi connectivity index (χ0v) is 12.8. The van der Waals surface area contributed by atoms with Gasteiger partial charge < -0.3 is 4.90 Å². The molecule has 2 nitrogen and oxygen atoms in total. The van der Waals surface area contributed by atoms with E-state index < -0.39 is 0 Å². The lowest BCUT2D eigenvalue weighted by atomic mass is 9.64. The first kappa shape index (κ1) is 14.6. The molecule has 1 amide bonds. The highest BCUT2D eigenvalue weighted by Gasteiger charge is 2.35. The number of hydrogen-bond acceptors (Lipinski definition) is 1. The maximum atomic E-state index is 12.2. The van der Waals surface area contributed by atoms with Gasteiger partial charge in [0.25, 0.3) is 0 Å². The number of amides is 1. The molecule has 0 N–H and O–H groups in total. The van der Waals surface area contributed by atoms with E-state index in [2.05, 4.69) is 26.8 Å². The molecule has 2 atom stereocenters. The lowest BCUT2D eigenvalue weighted by Gasteiger charge is -2.41. The first-order chi connectivity index (χ1) is 9.00. The molecule has 1 heterocycles.